The van der Waals surface area contributed by atoms with E-state index in [2.05, 4.69) is 10.6 Å². The van der Waals surface area contributed by atoms with Crippen LogP contribution < -0.4 is 10.6 Å². The fourth-order valence-corrected chi connectivity index (χ4v) is 2.23. The van der Waals surface area contributed by atoms with Gasteiger partial charge >= 0.3 is 12.0 Å². The Morgan fingerprint density at radius 2 is 1.94 bits per heavy atom. The first-order chi connectivity index (χ1) is 8.36. The van der Waals surface area contributed by atoms with Crippen LogP contribution >= 0.6 is 0 Å². The molecule has 2 aliphatic rings. The number of carbonyl (C=O) groups is 2. The highest BCUT2D eigenvalue weighted by molar-refractivity contribution is 5.79. The van der Waals surface area contributed by atoms with Crippen LogP contribution in [-0.4, -0.2) is 40.9 Å². The third-order valence-electron chi connectivity index (χ3n) is 3.99. The predicted octanol–water partition coefficient (Wildman–Crippen LogP) is 0.311. The summed E-state index contributed by atoms with van der Waals surface area (Å²) >= 11 is 0. The first-order valence-electron chi connectivity index (χ1n) is 6.33. The molecule has 2 amide bonds. The number of nitrogens with one attached hydrogen (secondary N) is 2. The fourth-order valence-electron chi connectivity index (χ4n) is 2.23. The van der Waals surface area contributed by atoms with Crippen molar-refractivity contribution < 1.29 is 19.8 Å². The minimum atomic E-state index is -1.93. The standard InChI is InChI=1S/C12H20N2O4/c1-11(18,9(15)16)6-13-10(17)14-7-12(4-5-12)8-2-3-8/h8,18H,2-7H2,1H3,(H,15,16)(H2,13,14,17). The predicted molar refractivity (Wildman–Crippen MR) is 64.1 cm³/mol. The Bertz CT molecular complexity index is 359. The fraction of sp³-hybridized carbons (Fsp3) is 0.833. The van der Waals surface area contributed by atoms with Crippen LogP contribution in [0.4, 0.5) is 4.79 Å². The number of aliphatic carboxylic acids is 1. The second kappa shape index (κ2) is 4.42. The molecule has 0 radical (unpaired) electrons. The van der Waals surface area contributed by atoms with Gasteiger partial charge in [-0.05, 0) is 43.9 Å². The van der Waals surface area contributed by atoms with Gasteiger partial charge in [-0.15, -0.1) is 0 Å². The molecule has 0 aromatic rings. The van der Waals surface area contributed by atoms with E-state index in [0.717, 1.165) is 12.8 Å². The normalized spacial score (nSPS) is 23.9. The molecule has 0 heterocycles. The van der Waals surface area contributed by atoms with Crippen LogP contribution in [0.2, 0.25) is 0 Å². The SMILES string of the molecule is CC(O)(CNC(=O)NCC1(C2CC2)CC1)C(=O)O. The zero-order valence-electron chi connectivity index (χ0n) is 10.5. The number of aliphatic hydroxyl groups is 1. The lowest BCUT2D eigenvalue weighted by atomic mass is 10.0. The van der Waals surface area contributed by atoms with Crippen molar-refractivity contribution in [2.45, 2.75) is 38.2 Å². The van der Waals surface area contributed by atoms with Crippen molar-refractivity contribution >= 4 is 12.0 Å². The third kappa shape index (κ3) is 2.93. The molecule has 2 fully saturated rings. The quantitative estimate of drug-likeness (QED) is 0.549. The van der Waals surface area contributed by atoms with E-state index in [1.807, 2.05) is 0 Å². The highest BCUT2D eigenvalue weighted by Gasteiger charge is 2.53. The van der Waals surface area contributed by atoms with E-state index in [9.17, 15) is 14.7 Å². The number of carboxylic acid groups (broad SMARTS) is 1. The molecule has 0 spiro atoms. The average molecular weight is 256 g/mol. The summed E-state index contributed by atoms with van der Waals surface area (Å²) in [5.41, 5.74) is -1.61. The first-order valence-corrected chi connectivity index (χ1v) is 6.33. The summed E-state index contributed by atoms with van der Waals surface area (Å²) < 4.78 is 0. The molecule has 0 aromatic heterocycles. The van der Waals surface area contributed by atoms with Crippen LogP contribution in [0, 0.1) is 11.3 Å². The van der Waals surface area contributed by atoms with Crippen molar-refractivity contribution in [2.75, 3.05) is 13.1 Å². The molecule has 1 unspecified atom stereocenters. The van der Waals surface area contributed by atoms with Gasteiger partial charge < -0.3 is 20.8 Å². The number of hydrogen-bond acceptors (Lipinski definition) is 3. The molecule has 2 rings (SSSR count). The summed E-state index contributed by atoms with van der Waals surface area (Å²) in [4.78, 5) is 22.1. The smallest absolute Gasteiger partial charge is 0.337 e. The van der Waals surface area contributed by atoms with E-state index in [1.165, 1.54) is 25.7 Å². The Morgan fingerprint density at radius 3 is 2.39 bits per heavy atom. The van der Waals surface area contributed by atoms with Gasteiger partial charge in [-0.2, -0.15) is 0 Å². The highest BCUT2D eigenvalue weighted by atomic mass is 16.4. The minimum absolute atomic E-state index is 0.301. The first kappa shape index (κ1) is 13.1. The van der Waals surface area contributed by atoms with Gasteiger partial charge in [0, 0.05) is 6.54 Å². The van der Waals surface area contributed by atoms with Crippen LogP contribution in [0.1, 0.15) is 32.6 Å². The van der Waals surface area contributed by atoms with E-state index in [4.69, 9.17) is 5.11 Å². The second-order valence-corrected chi connectivity index (χ2v) is 5.75. The molecule has 1 atom stereocenters. The molecule has 4 N–H and O–H groups in total. The van der Waals surface area contributed by atoms with Gasteiger partial charge in [-0.25, -0.2) is 9.59 Å². The topological polar surface area (TPSA) is 98.7 Å². The van der Waals surface area contributed by atoms with E-state index < -0.39 is 17.6 Å². The largest absolute Gasteiger partial charge is 0.479 e. The van der Waals surface area contributed by atoms with E-state index in [1.54, 1.807) is 0 Å². The summed E-state index contributed by atoms with van der Waals surface area (Å²) in [5, 5.41) is 23.3. The molecule has 0 saturated heterocycles. The molecular weight excluding hydrogens is 236 g/mol. The lowest BCUT2D eigenvalue weighted by molar-refractivity contribution is -0.155. The molecular formula is C12H20N2O4. The van der Waals surface area contributed by atoms with E-state index in [0.29, 0.717) is 12.0 Å². The molecule has 0 bridgehead atoms. The Labute approximate surface area is 106 Å². The zero-order chi connectivity index (χ0) is 13.4. The Kier molecular flexibility index (Phi) is 3.23. The van der Waals surface area contributed by atoms with Gasteiger partial charge in [0.25, 0.3) is 0 Å². The summed E-state index contributed by atoms with van der Waals surface area (Å²) in [5.74, 6) is -0.584. The van der Waals surface area contributed by atoms with Crippen molar-refractivity contribution in [2.24, 2.45) is 11.3 Å². The van der Waals surface area contributed by atoms with E-state index >= 15 is 0 Å². The molecule has 6 nitrogen and oxygen atoms in total. The third-order valence-corrected chi connectivity index (χ3v) is 3.99. The number of carboxylic acids is 1. The monoisotopic (exact) mass is 256 g/mol. The maximum atomic E-state index is 11.5. The van der Waals surface area contributed by atoms with Crippen molar-refractivity contribution in [3.8, 4) is 0 Å². The van der Waals surface area contributed by atoms with Crippen molar-refractivity contribution in [1.82, 2.24) is 10.6 Å². The summed E-state index contributed by atoms with van der Waals surface area (Å²) in [6.45, 7) is 1.51. The van der Waals surface area contributed by atoms with Crippen molar-refractivity contribution in [3.63, 3.8) is 0 Å². The summed E-state index contributed by atoms with van der Waals surface area (Å²) in [7, 11) is 0. The Morgan fingerprint density at radius 1 is 1.33 bits per heavy atom. The number of urea groups is 1. The number of rotatable bonds is 6. The van der Waals surface area contributed by atoms with Crippen LogP contribution in [0.3, 0.4) is 0 Å². The Balaban J connectivity index is 1.68. The van der Waals surface area contributed by atoms with Gasteiger partial charge in [-0.3, -0.25) is 0 Å². The molecule has 6 heteroatoms. The van der Waals surface area contributed by atoms with Crippen LogP contribution in [-0.2, 0) is 4.79 Å². The second-order valence-electron chi connectivity index (χ2n) is 5.75. The van der Waals surface area contributed by atoms with Crippen LogP contribution in [0.15, 0.2) is 0 Å². The number of amides is 2. The van der Waals surface area contributed by atoms with Gasteiger partial charge in [-0.1, -0.05) is 0 Å². The van der Waals surface area contributed by atoms with Crippen molar-refractivity contribution in [1.29, 1.82) is 0 Å². The zero-order valence-corrected chi connectivity index (χ0v) is 10.5. The van der Waals surface area contributed by atoms with Gasteiger partial charge in [0.2, 0.25) is 0 Å². The van der Waals surface area contributed by atoms with Crippen LogP contribution in [0.25, 0.3) is 0 Å². The van der Waals surface area contributed by atoms with Gasteiger partial charge in [0.15, 0.2) is 5.60 Å². The van der Waals surface area contributed by atoms with E-state index in [-0.39, 0.29) is 6.54 Å². The number of carbonyl (C=O) groups excluding carboxylic acids is 1. The number of hydrogen-bond donors (Lipinski definition) is 4. The maximum absolute atomic E-state index is 11.5. The summed E-state index contributed by atoms with van der Waals surface area (Å²) in [6.07, 6.45) is 4.86. The molecule has 0 aliphatic heterocycles. The molecule has 2 saturated carbocycles. The van der Waals surface area contributed by atoms with Gasteiger partial charge in [0.1, 0.15) is 0 Å². The lowest BCUT2D eigenvalue weighted by Crippen LogP contribution is -2.49. The maximum Gasteiger partial charge on any atom is 0.337 e. The average Bonchev–Trinajstić information content (AvgIpc) is 3.15. The highest BCUT2D eigenvalue weighted by Crippen LogP contribution is 2.60. The molecule has 2 aliphatic carbocycles. The van der Waals surface area contributed by atoms with Gasteiger partial charge in [0.05, 0.1) is 6.54 Å². The Hall–Kier alpha value is -1.30. The molecule has 18 heavy (non-hydrogen) atoms. The molecule has 0 aromatic carbocycles. The summed E-state index contributed by atoms with van der Waals surface area (Å²) in [6, 6.07) is -0.413. The minimum Gasteiger partial charge on any atom is -0.479 e. The van der Waals surface area contributed by atoms with Crippen molar-refractivity contribution in [3.05, 3.63) is 0 Å². The lowest BCUT2D eigenvalue weighted by Gasteiger charge is -2.20. The molecule has 102 valence electrons. The van der Waals surface area contributed by atoms with Crippen LogP contribution in [0.5, 0.6) is 0 Å².